The third-order valence-electron chi connectivity index (χ3n) is 3.71. The van der Waals surface area contributed by atoms with Gasteiger partial charge in [0.15, 0.2) is 0 Å². The van der Waals surface area contributed by atoms with E-state index >= 15 is 0 Å². The van der Waals surface area contributed by atoms with Gasteiger partial charge in [0.1, 0.15) is 5.82 Å². The molecule has 0 radical (unpaired) electrons. The molecule has 0 unspecified atom stereocenters. The molecular formula is C19H19FN2O3S. The summed E-state index contributed by atoms with van der Waals surface area (Å²) in [4.78, 5) is 12.0. The Morgan fingerprint density at radius 2 is 1.92 bits per heavy atom. The fraction of sp³-hybridized carbons (Fsp3) is 0.211. The first-order chi connectivity index (χ1) is 12.3. The Balaban J connectivity index is 1.87. The summed E-state index contributed by atoms with van der Waals surface area (Å²) < 4.78 is 38.8. The lowest BCUT2D eigenvalue weighted by molar-refractivity contribution is -0.116. The second kappa shape index (κ2) is 8.61. The molecule has 0 atom stereocenters. The standard InChI is InChI=1S/C19H19FN2O3S/c1-3-15-6-4-7-17(14-15)21-19(23)8-5-13-22(2)26(24,25)18-11-9-16(20)10-12-18/h1,4,6-7,9-12,14H,5,8,13H2,2H3,(H,21,23). The number of amides is 1. The summed E-state index contributed by atoms with van der Waals surface area (Å²) in [5.41, 5.74) is 1.26. The van der Waals surface area contributed by atoms with Gasteiger partial charge in [-0.15, -0.1) is 6.42 Å². The minimum Gasteiger partial charge on any atom is -0.326 e. The number of carbonyl (C=O) groups excluding carboxylic acids is 1. The second-order valence-electron chi connectivity index (χ2n) is 5.66. The lowest BCUT2D eigenvalue weighted by Gasteiger charge is -2.17. The summed E-state index contributed by atoms with van der Waals surface area (Å²) in [6.07, 6.45) is 5.82. The molecule has 1 amide bonds. The number of halogens is 1. The smallest absolute Gasteiger partial charge is 0.242 e. The minimum absolute atomic E-state index is 0.0111. The number of nitrogens with zero attached hydrogens (tertiary/aromatic N) is 1. The molecule has 0 aliphatic rings. The maximum atomic E-state index is 12.9. The molecule has 0 aromatic heterocycles. The molecule has 2 aromatic carbocycles. The summed E-state index contributed by atoms with van der Waals surface area (Å²) in [6, 6.07) is 11.5. The molecule has 1 N–H and O–H groups in total. The van der Waals surface area contributed by atoms with Gasteiger partial charge in [-0.25, -0.2) is 17.1 Å². The lowest BCUT2D eigenvalue weighted by atomic mass is 10.2. The van der Waals surface area contributed by atoms with E-state index in [4.69, 9.17) is 6.42 Å². The van der Waals surface area contributed by atoms with Gasteiger partial charge in [0, 0.05) is 31.3 Å². The molecule has 0 aliphatic heterocycles. The van der Waals surface area contributed by atoms with Crippen molar-refractivity contribution in [3.8, 4) is 12.3 Å². The first-order valence-corrected chi connectivity index (χ1v) is 9.35. The monoisotopic (exact) mass is 374 g/mol. The molecule has 5 nitrogen and oxygen atoms in total. The third-order valence-corrected chi connectivity index (χ3v) is 5.58. The molecule has 0 bridgehead atoms. The van der Waals surface area contributed by atoms with Gasteiger partial charge >= 0.3 is 0 Å². The van der Waals surface area contributed by atoms with Gasteiger partial charge in [-0.1, -0.05) is 12.0 Å². The van der Waals surface area contributed by atoms with E-state index in [1.54, 1.807) is 24.3 Å². The number of terminal acetylenes is 1. The van der Waals surface area contributed by atoms with Crippen molar-refractivity contribution < 1.29 is 17.6 Å². The largest absolute Gasteiger partial charge is 0.326 e. The Kier molecular flexibility index (Phi) is 6.50. The van der Waals surface area contributed by atoms with E-state index in [2.05, 4.69) is 11.2 Å². The average molecular weight is 374 g/mol. The SMILES string of the molecule is C#Cc1cccc(NC(=O)CCCN(C)S(=O)(=O)c2ccc(F)cc2)c1. The molecule has 0 fully saturated rings. The zero-order chi connectivity index (χ0) is 19.2. The highest BCUT2D eigenvalue weighted by atomic mass is 32.2. The summed E-state index contributed by atoms with van der Waals surface area (Å²) in [7, 11) is -2.29. The maximum absolute atomic E-state index is 12.9. The first kappa shape index (κ1) is 19.6. The van der Waals surface area contributed by atoms with Crippen molar-refractivity contribution in [1.29, 1.82) is 0 Å². The number of nitrogens with one attached hydrogen (secondary N) is 1. The van der Waals surface area contributed by atoms with Crippen molar-refractivity contribution in [3.05, 3.63) is 59.9 Å². The van der Waals surface area contributed by atoms with E-state index in [0.29, 0.717) is 17.7 Å². The average Bonchev–Trinajstić information content (AvgIpc) is 2.62. The van der Waals surface area contributed by atoms with Crippen LogP contribution in [0.1, 0.15) is 18.4 Å². The van der Waals surface area contributed by atoms with Crippen LogP contribution >= 0.6 is 0 Å². The van der Waals surface area contributed by atoms with Crippen molar-refractivity contribution in [1.82, 2.24) is 4.31 Å². The van der Waals surface area contributed by atoms with E-state index in [9.17, 15) is 17.6 Å². The number of hydrogen-bond acceptors (Lipinski definition) is 3. The quantitative estimate of drug-likeness (QED) is 0.758. The van der Waals surface area contributed by atoms with Crippen molar-refractivity contribution in [2.75, 3.05) is 18.9 Å². The molecule has 0 heterocycles. The number of carbonyl (C=O) groups is 1. The van der Waals surface area contributed by atoms with Crippen LogP contribution in [0, 0.1) is 18.2 Å². The van der Waals surface area contributed by atoms with Crippen molar-refractivity contribution >= 4 is 21.6 Å². The lowest BCUT2D eigenvalue weighted by Crippen LogP contribution is -2.28. The van der Waals surface area contributed by atoms with Crippen LogP contribution < -0.4 is 5.32 Å². The maximum Gasteiger partial charge on any atom is 0.242 e. The molecule has 0 spiro atoms. The molecule has 0 saturated carbocycles. The highest BCUT2D eigenvalue weighted by Gasteiger charge is 2.20. The van der Waals surface area contributed by atoms with Crippen LogP contribution in [0.2, 0.25) is 0 Å². The number of anilines is 1. The number of benzene rings is 2. The Morgan fingerprint density at radius 3 is 2.58 bits per heavy atom. The van der Waals surface area contributed by atoms with Gasteiger partial charge in [-0.05, 0) is 48.9 Å². The predicted molar refractivity (Wildman–Crippen MR) is 98.5 cm³/mol. The normalized spacial score (nSPS) is 11.2. The zero-order valence-electron chi connectivity index (χ0n) is 14.3. The van der Waals surface area contributed by atoms with Crippen LogP contribution in [0.3, 0.4) is 0 Å². The third kappa shape index (κ3) is 5.15. The van der Waals surface area contributed by atoms with E-state index in [0.717, 1.165) is 16.4 Å². The summed E-state index contributed by atoms with van der Waals surface area (Å²) >= 11 is 0. The Morgan fingerprint density at radius 1 is 1.23 bits per heavy atom. The molecule has 136 valence electrons. The molecule has 26 heavy (non-hydrogen) atoms. The van der Waals surface area contributed by atoms with Crippen molar-refractivity contribution in [2.24, 2.45) is 0 Å². The highest BCUT2D eigenvalue weighted by Crippen LogP contribution is 2.16. The molecular weight excluding hydrogens is 355 g/mol. The van der Waals surface area contributed by atoms with E-state index in [1.165, 1.54) is 19.2 Å². The highest BCUT2D eigenvalue weighted by molar-refractivity contribution is 7.89. The molecule has 7 heteroatoms. The number of hydrogen-bond donors (Lipinski definition) is 1. The zero-order valence-corrected chi connectivity index (χ0v) is 15.1. The van der Waals surface area contributed by atoms with Crippen LogP contribution in [0.5, 0.6) is 0 Å². The first-order valence-electron chi connectivity index (χ1n) is 7.91. The molecule has 0 aliphatic carbocycles. The van der Waals surface area contributed by atoms with Gasteiger partial charge in [0.05, 0.1) is 4.90 Å². The van der Waals surface area contributed by atoms with Gasteiger partial charge in [-0.2, -0.15) is 0 Å². The molecule has 2 aromatic rings. The van der Waals surface area contributed by atoms with E-state index < -0.39 is 15.8 Å². The van der Waals surface area contributed by atoms with Crippen LogP contribution in [0.4, 0.5) is 10.1 Å². The van der Waals surface area contributed by atoms with E-state index in [1.807, 2.05) is 0 Å². The van der Waals surface area contributed by atoms with Crippen LogP contribution in [0.15, 0.2) is 53.4 Å². The fourth-order valence-corrected chi connectivity index (χ4v) is 3.49. The van der Waals surface area contributed by atoms with Crippen molar-refractivity contribution in [3.63, 3.8) is 0 Å². The van der Waals surface area contributed by atoms with Crippen LogP contribution in [0.25, 0.3) is 0 Å². The Labute approximate surface area is 152 Å². The number of rotatable bonds is 7. The Hall–Kier alpha value is -2.69. The second-order valence-corrected chi connectivity index (χ2v) is 7.70. The van der Waals surface area contributed by atoms with Crippen molar-refractivity contribution in [2.45, 2.75) is 17.7 Å². The number of sulfonamides is 1. The van der Waals surface area contributed by atoms with Gasteiger partial charge in [-0.3, -0.25) is 4.79 Å². The van der Waals surface area contributed by atoms with E-state index in [-0.39, 0.29) is 23.8 Å². The van der Waals surface area contributed by atoms with Crippen LogP contribution in [-0.2, 0) is 14.8 Å². The Bertz CT molecular complexity index is 919. The van der Waals surface area contributed by atoms with Gasteiger partial charge in [0.25, 0.3) is 0 Å². The van der Waals surface area contributed by atoms with Gasteiger partial charge in [0.2, 0.25) is 15.9 Å². The molecule has 2 rings (SSSR count). The molecule has 0 saturated heterocycles. The fourth-order valence-electron chi connectivity index (χ4n) is 2.28. The summed E-state index contributed by atoms with van der Waals surface area (Å²) in [6.45, 7) is 0.164. The topological polar surface area (TPSA) is 66.5 Å². The van der Waals surface area contributed by atoms with Crippen LogP contribution in [-0.4, -0.2) is 32.2 Å². The summed E-state index contributed by atoms with van der Waals surface area (Å²) in [5.74, 6) is 1.75. The minimum atomic E-state index is -3.71. The summed E-state index contributed by atoms with van der Waals surface area (Å²) in [5, 5.41) is 2.72. The predicted octanol–water partition coefficient (Wildman–Crippen LogP) is 2.85. The van der Waals surface area contributed by atoms with Gasteiger partial charge < -0.3 is 5.32 Å².